The van der Waals surface area contributed by atoms with Crippen molar-refractivity contribution >= 4 is 5.97 Å². The zero-order chi connectivity index (χ0) is 15.5. The van der Waals surface area contributed by atoms with Gasteiger partial charge in [-0.2, -0.15) is 0 Å². The first kappa shape index (κ1) is 16.0. The van der Waals surface area contributed by atoms with E-state index < -0.39 is 11.4 Å². The summed E-state index contributed by atoms with van der Waals surface area (Å²) in [7, 11) is 0. The summed E-state index contributed by atoms with van der Waals surface area (Å²) in [4.78, 5) is 13.8. The first-order valence-electron chi connectivity index (χ1n) is 7.67. The van der Waals surface area contributed by atoms with Gasteiger partial charge in [-0.15, -0.1) is 0 Å². The normalized spacial score (nSPS) is 18.6. The molecule has 4 heteroatoms. The van der Waals surface area contributed by atoms with Gasteiger partial charge in [-0.1, -0.05) is 19.4 Å². The van der Waals surface area contributed by atoms with E-state index in [-0.39, 0.29) is 5.82 Å². The van der Waals surface area contributed by atoms with E-state index in [0.717, 1.165) is 37.1 Å². The monoisotopic (exact) mass is 293 g/mol. The van der Waals surface area contributed by atoms with Gasteiger partial charge in [0.25, 0.3) is 0 Å². The van der Waals surface area contributed by atoms with Gasteiger partial charge < -0.3 is 5.11 Å². The number of carboxylic acid groups (broad SMARTS) is 1. The standard InChI is InChI=1S/C17H24FNO2/c1-3-6-17(16(20)21)7-9-19(10-8-17)12-14-11-15(18)5-4-13(14)2/h4-5,11H,3,6-10,12H2,1-2H3,(H,20,21). The van der Waals surface area contributed by atoms with Gasteiger partial charge in [0, 0.05) is 6.54 Å². The topological polar surface area (TPSA) is 40.5 Å². The van der Waals surface area contributed by atoms with Gasteiger partial charge in [-0.25, -0.2) is 4.39 Å². The molecule has 0 amide bonds. The SMILES string of the molecule is CCCC1(C(=O)O)CCN(Cc2cc(F)ccc2C)CC1. The van der Waals surface area contributed by atoms with Crippen LogP contribution in [0, 0.1) is 18.2 Å². The van der Waals surface area contributed by atoms with Gasteiger partial charge in [0.1, 0.15) is 5.82 Å². The van der Waals surface area contributed by atoms with Crippen molar-refractivity contribution in [3.8, 4) is 0 Å². The summed E-state index contributed by atoms with van der Waals surface area (Å²) in [6.07, 6.45) is 3.01. The molecule has 0 unspecified atom stereocenters. The van der Waals surface area contributed by atoms with Crippen LogP contribution in [0.15, 0.2) is 18.2 Å². The van der Waals surface area contributed by atoms with E-state index in [1.54, 1.807) is 12.1 Å². The van der Waals surface area contributed by atoms with Gasteiger partial charge in [0.2, 0.25) is 0 Å². The van der Waals surface area contributed by atoms with Gasteiger partial charge >= 0.3 is 5.97 Å². The lowest BCUT2D eigenvalue weighted by molar-refractivity contribution is -0.152. The van der Waals surface area contributed by atoms with Crippen molar-refractivity contribution in [2.24, 2.45) is 5.41 Å². The third-order valence-corrected chi connectivity index (χ3v) is 4.70. The largest absolute Gasteiger partial charge is 0.481 e. The average molecular weight is 293 g/mol. The lowest BCUT2D eigenvalue weighted by Crippen LogP contribution is -2.44. The van der Waals surface area contributed by atoms with Crippen molar-refractivity contribution in [2.45, 2.75) is 46.1 Å². The fourth-order valence-corrected chi connectivity index (χ4v) is 3.24. The van der Waals surface area contributed by atoms with Crippen molar-refractivity contribution in [1.82, 2.24) is 4.90 Å². The maximum Gasteiger partial charge on any atom is 0.309 e. The van der Waals surface area contributed by atoms with Crippen molar-refractivity contribution in [1.29, 1.82) is 0 Å². The molecule has 2 rings (SSSR count). The molecule has 1 saturated heterocycles. The minimum Gasteiger partial charge on any atom is -0.481 e. The van der Waals surface area contributed by atoms with E-state index in [0.29, 0.717) is 19.4 Å². The molecular weight excluding hydrogens is 269 g/mol. The number of aliphatic carboxylic acids is 1. The van der Waals surface area contributed by atoms with Crippen LogP contribution in [0.4, 0.5) is 4.39 Å². The highest BCUT2D eigenvalue weighted by atomic mass is 19.1. The second-order valence-corrected chi connectivity index (χ2v) is 6.18. The first-order valence-corrected chi connectivity index (χ1v) is 7.67. The van der Waals surface area contributed by atoms with Crippen LogP contribution in [0.2, 0.25) is 0 Å². The van der Waals surface area contributed by atoms with E-state index in [2.05, 4.69) is 4.90 Å². The number of carbonyl (C=O) groups is 1. The molecule has 1 fully saturated rings. The second-order valence-electron chi connectivity index (χ2n) is 6.18. The van der Waals surface area contributed by atoms with Crippen molar-refractivity contribution in [3.05, 3.63) is 35.1 Å². The smallest absolute Gasteiger partial charge is 0.309 e. The van der Waals surface area contributed by atoms with Crippen LogP contribution >= 0.6 is 0 Å². The van der Waals surface area contributed by atoms with Gasteiger partial charge in [0.05, 0.1) is 5.41 Å². The predicted octanol–water partition coefficient (Wildman–Crippen LogP) is 3.60. The molecule has 0 atom stereocenters. The van der Waals surface area contributed by atoms with Crippen LogP contribution in [0.3, 0.4) is 0 Å². The molecular formula is C17H24FNO2. The molecule has 0 bridgehead atoms. The highest BCUT2D eigenvalue weighted by Crippen LogP contribution is 2.37. The van der Waals surface area contributed by atoms with E-state index in [9.17, 15) is 14.3 Å². The molecule has 1 heterocycles. The van der Waals surface area contributed by atoms with Crippen molar-refractivity contribution < 1.29 is 14.3 Å². The van der Waals surface area contributed by atoms with Gasteiger partial charge in [-0.05, 0) is 62.5 Å². The molecule has 1 N–H and O–H groups in total. The molecule has 1 aliphatic heterocycles. The average Bonchev–Trinajstić information content (AvgIpc) is 2.45. The zero-order valence-electron chi connectivity index (χ0n) is 12.9. The number of nitrogens with zero attached hydrogens (tertiary/aromatic N) is 1. The summed E-state index contributed by atoms with van der Waals surface area (Å²) >= 11 is 0. The van der Waals surface area contributed by atoms with Gasteiger partial charge in [0.15, 0.2) is 0 Å². The number of piperidine rings is 1. The Balaban J connectivity index is 2.00. The maximum absolute atomic E-state index is 13.3. The Bertz CT molecular complexity index is 508. The van der Waals surface area contributed by atoms with Crippen molar-refractivity contribution in [3.63, 3.8) is 0 Å². The Morgan fingerprint density at radius 1 is 1.38 bits per heavy atom. The molecule has 1 aromatic carbocycles. The molecule has 0 aromatic heterocycles. The van der Waals surface area contributed by atoms with Crippen LogP contribution in [-0.2, 0) is 11.3 Å². The summed E-state index contributed by atoms with van der Waals surface area (Å²) < 4.78 is 13.3. The Labute approximate surface area is 125 Å². The van der Waals surface area contributed by atoms with E-state index in [1.165, 1.54) is 6.07 Å². The molecule has 3 nitrogen and oxygen atoms in total. The Morgan fingerprint density at radius 2 is 2.05 bits per heavy atom. The van der Waals surface area contributed by atoms with E-state index in [1.807, 2.05) is 13.8 Å². The summed E-state index contributed by atoms with van der Waals surface area (Å²) in [6.45, 7) is 6.25. The summed E-state index contributed by atoms with van der Waals surface area (Å²) in [6, 6.07) is 4.86. The Hall–Kier alpha value is -1.42. The van der Waals surface area contributed by atoms with Crippen LogP contribution in [0.5, 0.6) is 0 Å². The van der Waals surface area contributed by atoms with Crippen molar-refractivity contribution in [2.75, 3.05) is 13.1 Å². The minimum absolute atomic E-state index is 0.210. The third-order valence-electron chi connectivity index (χ3n) is 4.70. The number of halogens is 1. The molecule has 0 radical (unpaired) electrons. The lowest BCUT2D eigenvalue weighted by atomic mass is 9.75. The summed E-state index contributed by atoms with van der Waals surface area (Å²) in [5.41, 5.74) is 1.52. The van der Waals surface area contributed by atoms with Crippen LogP contribution in [0.25, 0.3) is 0 Å². The first-order chi connectivity index (χ1) is 9.97. The fourth-order valence-electron chi connectivity index (χ4n) is 3.24. The zero-order valence-corrected chi connectivity index (χ0v) is 12.9. The van der Waals surface area contributed by atoms with Gasteiger partial charge in [-0.3, -0.25) is 9.69 Å². The second kappa shape index (κ2) is 6.56. The van der Waals surface area contributed by atoms with Crippen LogP contribution in [0.1, 0.15) is 43.7 Å². The summed E-state index contributed by atoms with van der Waals surface area (Å²) in [5, 5.41) is 9.51. The number of hydrogen-bond donors (Lipinski definition) is 1. The number of benzene rings is 1. The molecule has 0 aliphatic carbocycles. The molecule has 116 valence electrons. The molecule has 1 aliphatic rings. The molecule has 0 saturated carbocycles. The molecule has 21 heavy (non-hydrogen) atoms. The number of likely N-dealkylation sites (tertiary alicyclic amines) is 1. The molecule has 0 spiro atoms. The predicted molar refractivity (Wildman–Crippen MR) is 80.6 cm³/mol. The maximum atomic E-state index is 13.3. The highest BCUT2D eigenvalue weighted by Gasteiger charge is 2.40. The quantitative estimate of drug-likeness (QED) is 0.901. The number of aryl methyl sites for hydroxylation is 1. The number of carboxylic acids is 1. The van der Waals surface area contributed by atoms with Crippen LogP contribution < -0.4 is 0 Å². The Morgan fingerprint density at radius 3 is 2.62 bits per heavy atom. The minimum atomic E-state index is -0.661. The van der Waals surface area contributed by atoms with E-state index in [4.69, 9.17) is 0 Å². The van der Waals surface area contributed by atoms with E-state index >= 15 is 0 Å². The third kappa shape index (κ3) is 3.62. The highest BCUT2D eigenvalue weighted by molar-refractivity contribution is 5.74. The number of hydrogen-bond acceptors (Lipinski definition) is 2. The lowest BCUT2D eigenvalue weighted by Gasteiger charge is -2.39. The summed E-state index contributed by atoms with van der Waals surface area (Å²) in [5.74, 6) is -0.871. The van der Waals surface area contributed by atoms with Crippen LogP contribution in [-0.4, -0.2) is 29.1 Å². The Kier molecular flexibility index (Phi) is 4.99. The number of rotatable bonds is 5. The fraction of sp³-hybridized carbons (Fsp3) is 0.588. The molecule has 1 aromatic rings.